The first-order valence-electron chi connectivity index (χ1n) is 9.36. The Kier molecular flexibility index (Phi) is 11.6. The molecule has 0 bridgehead atoms. The van der Waals surface area contributed by atoms with E-state index in [1.807, 2.05) is 30.3 Å². The number of ether oxygens (including phenoxy) is 2. The van der Waals surface area contributed by atoms with Crippen LogP contribution in [0.4, 0.5) is 0 Å². The number of carbonyl (C=O) groups is 1. The van der Waals surface area contributed by atoms with Gasteiger partial charge in [0.1, 0.15) is 6.10 Å². The van der Waals surface area contributed by atoms with Gasteiger partial charge in [0.15, 0.2) is 0 Å². The molecule has 5 nitrogen and oxygen atoms in total. The Hall–Kier alpha value is -1.69. The Bertz CT molecular complexity index is 514. The van der Waals surface area contributed by atoms with Crippen molar-refractivity contribution < 1.29 is 24.5 Å². The summed E-state index contributed by atoms with van der Waals surface area (Å²) in [5.41, 5.74) is 1.07. The molecular formula is C21H32O5. The largest absolute Gasteiger partial charge is 0.458 e. The highest BCUT2D eigenvalue weighted by molar-refractivity contribution is 5.66. The number of benzene rings is 1. The fourth-order valence-corrected chi connectivity index (χ4v) is 2.51. The number of rotatable bonds is 13. The normalized spacial score (nSPS) is 14.9. The maximum absolute atomic E-state index is 11.2. The molecule has 0 saturated heterocycles. The fourth-order valence-electron chi connectivity index (χ4n) is 2.51. The molecule has 0 aliphatic carbocycles. The Balaban J connectivity index is 2.33. The van der Waals surface area contributed by atoms with E-state index in [1.54, 1.807) is 6.08 Å². The van der Waals surface area contributed by atoms with Crippen molar-refractivity contribution in [3.63, 3.8) is 0 Å². The van der Waals surface area contributed by atoms with Crippen molar-refractivity contribution in [1.82, 2.24) is 0 Å². The average Bonchev–Trinajstić information content (AvgIpc) is 2.63. The number of hydrogen-bond acceptors (Lipinski definition) is 5. The summed E-state index contributed by atoms with van der Waals surface area (Å²) in [6.07, 6.45) is 5.00. The van der Waals surface area contributed by atoms with Gasteiger partial charge in [-0.15, -0.1) is 0 Å². The van der Waals surface area contributed by atoms with Gasteiger partial charge < -0.3 is 19.7 Å². The van der Waals surface area contributed by atoms with Gasteiger partial charge in [-0.2, -0.15) is 0 Å². The van der Waals surface area contributed by atoms with Crippen molar-refractivity contribution in [2.45, 2.75) is 70.9 Å². The van der Waals surface area contributed by atoms with Gasteiger partial charge in [-0.05, 0) is 30.9 Å². The van der Waals surface area contributed by atoms with Crippen LogP contribution < -0.4 is 0 Å². The molecule has 146 valence electrons. The van der Waals surface area contributed by atoms with E-state index >= 15 is 0 Å². The highest BCUT2D eigenvalue weighted by Gasteiger charge is 2.15. The van der Waals surface area contributed by atoms with Crippen LogP contribution in [0.15, 0.2) is 42.5 Å². The lowest BCUT2D eigenvalue weighted by atomic mass is 10.1. The van der Waals surface area contributed by atoms with Gasteiger partial charge in [0, 0.05) is 13.5 Å². The van der Waals surface area contributed by atoms with Crippen LogP contribution in [0.3, 0.4) is 0 Å². The van der Waals surface area contributed by atoms with E-state index in [4.69, 9.17) is 9.47 Å². The molecule has 1 rings (SSSR count). The molecule has 5 heteroatoms. The van der Waals surface area contributed by atoms with Crippen molar-refractivity contribution in [2.24, 2.45) is 0 Å². The average molecular weight is 364 g/mol. The molecule has 0 radical (unpaired) electrons. The number of aliphatic hydroxyl groups excluding tert-OH is 2. The summed E-state index contributed by atoms with van der Waals surface area (Å²) in [6, 6.07) is 9.79. The lowest BCUT2D eigenvalue weighted by Gasteiger charge is -2.17. The van der Waals surface area contributed by atoms with Gasteiger partial charge in [0.05, 0.1) is 18.8 Å². The topological polar surface area (TPSA) is 76.0 Å². The first kappa shape index (κ1) is 22.4. The lowest BCUT2D eigenvalue weighted by Crippen LogP contribution is -2.26. The van der Waals surface area contributed by atoms with Gasteiger partial charge in [0.25, 0.3) is 0 Å². The number of aliphatic hydroxyl groups is 2. The van der Waals surface area contributed by atoms with Crippen molar-refractivity contribution >= 4 is 5.97 Å². The van der Waals surface area contributed by atoms with Gasteiger partial charge >= 0.3 is 5.97 Å². The van der Waals surface area contributed by atoms with Gasteiger partial charge in [-0.3, -0.25) is 4.79 Å². The van der Waals surface area contributed by atoms with Gasteiger partial charge in [-0.25, -0.2) is 0 Å². The summed E-state index contributed by atoms with van der Waals surface area (Å²) in [7, 11) is 0. The molecule has 0 saturated carbocycles. The monoisotopic (exact) mass is 364 g/mol. The molecule has 0 amide bonds. The van der Waals surface area contributed by atoms with E-state index < -0.39 is 12.2 Å². The molecule has 0 aliphatic rings. The SMILES string of the molecule is CCCCC[C@H](/C=C/[C@@H](O)[C@H](O)CCOCc1ccccc1)OC(C)=O. The fraction of sp³-hybridized carbons (Fsp3) is 0.571. The van der Waals surface area contributed by atoms with E-state index in [0.29, 0.717) is 26.1 Å². The zero-order chi connectivity index (χ0) is 19.2. The minimum absolute atomic E-state index is 0.326. The quantitative estimate of drug-likeness (QED) is 0.319. The third kappa shape index (κ3) is 10.3. The van der Waals surface area contributed by atoms with Crippen LogP contribution in [0.1, 0.15) is 51.5 Å². The predicted molar refractivity (Wildman–Crippen MR) is 102 cm³/mol. The van der Waals surface area contributed by atoms with E-state index in [2.05, 4.69) is 6.92 Å². The Morgan fingerprint density at radius 1 is 1.12 bits per heavy atom. The van der Waals surface area contributed by atoms with E-state index in [9.17, 15) is 15.0 Å². The minimum Gasteiger partial charge on any atom is -0.458 e. The number of esters is 1. The van der Waals surface area contributed by atoms with Crippen LogP contribution in [0.2, 0.25) is 0 Å². The second-order valence-electron chi connectivity index (χ2n) is 6.41. The maximum atomic E-state index is 11.2. The number of unbranched alkanes of at least 4 members (excludes halogenated alkanes) is 2. The van der Waals surface area contributed by atoms with E-state index in [0.717, 1.165) is 24.8 Å². The summed E-state index contributed by atoms with van der Waals surface area (Å²) >= 11 is 0. The molecular weight excluding hydrogens is 332 g/mol. The Morgan fingerprint density at radius 3 is 2.50 bits per heavy atom. The maximum Gasteiger partial charge on any atom is 0.303 e. The van der Waals surface area contributed by atoms with Crippen LogP contribution in [-0.4, -0.2) is 41.1 Å². The Morgan fingerprint density at radius 2 is 1.85 bits per heavy atom. The first-order valence-corrected chi connectivity index (χ1v) is 9.36. The highest BCUT2D eigenvalue weighted by atomic mass is 16.5. The van der Waals surface area contributed by atoms with Crippen LogP contribution in [0, 0.1) is 0 Å². The zero-order valence-corrected chi connectivity index (χ0v) is 15.8. The molecule has 1 aromatic rings. The van der Waals surface area contributed by atoms with E-state index in [-0.39, 0.29) is 12.1 Å². The number of hydrogen-bond donors (Lipinski definition) is 2. The first-order chi connectivity index (χ1) is 12.5. The van der Waals surface area contributed by atoms with Crippen LogP contribution in [0.25, 0.3) is 0 Å². The third-order valence-corrected chi connectivity index (χ3v) is 4.00. The summed E-state index contributed by atoms with van der Waals surface area (Å²) in [4.78, 5) is 11.2. The smallest absolute Gasteiger partial charge is 0.303 e. The van der Waals surface area contributed by atoms with Gasteiger partial charge in [0.2, 0.25) is 0 Å². The molecule has 0 aliphatic heterocycles. The number of carbonyl (C=O) groups excluding carboxylic acids is 1. The minimum atomic E-state index is -1.01. The molecule has 0 unspecified atom stereocenters. The molecule has 3 atom stereocenters. The summed E-state index contributed by atoms with van der Waals surface area (Å²) in [6.45, 7) is 4.31. The van der Waals surface area contributed by atoms with E-state index in [1.165, 1.54) is 13.0 Å². The van der Waals surface area contributed by atoms with Gasteiger partial charge in [-0.1, -0.05) is 56.2 Å². The van der Waals surface area contributed by atoms with Crippen LogP contribution in [0.5, 0.6) is 0 Å². The van der Waals surface area contributed by atoms with Crippen LogP contribution in [-0.2, 0) is 20.9 Å². The molecule has 0 spiro atoms. The van der Waals surface area contributed by atoms with Crippen molar-refractivity contribution in [1.29, 1.82) is 0 Å². The molecule has 0 aromatic heterocycles. The van der Waals surface area contributed by atoms with Crippen molar-refractivity contribution in [3.8, 4) is 0 Å². The summed E-state index contributed by atoms with van der Waals surface area (Å²) < 4.78 is 10.8. The Labute approximate surface area is 156 Å². The summed E-state index contributed by atoms with van der Waals surface area (Å²) in [5.74, 6) is -0.347. The van der Waals surface area contributed by atoms with Crippen molar-refractivity contribution in [3.05, 3.63) is 48.0 Å². The second-order valence-corrected chi connectivity index (χ2v) is 6.41. The van der Waals surface area contributed by atoms with Crippen LogP contribution >= 0.6 is 0 Å². The molecule has 2 N–H and O–H groups in total. The molecule has 0 heterocycles. The molecule has 1 aromatic carbocycles. The highest BCUT2D eigenvalue weighted by Crippen LogP contribution is 2.11. The second kappa shape index (κ2) is 13.5. The third-order valence-electron chi connectivity index (χ3n) is 4.00. The molecule has 0 fully saturated rings. The standard InChI is InChI=1S/C21H32O5/c1-3-4-6-11-19(26-17(2)22)12-13-20(23)21(24)14-15-25-16-18-9-7-5-8-10-18/h5,7-10,12-13,19-21,23-24H,3-4,6,11,14-16H2,1-2H3/b13-12+/t19-,20-,21-/m1/s1. The van der Waals surface area contributed by atoms with Crippen molar-refractivity contribution in [2.75, 3.05) is 6.61 Å². The molecule has 26 heavy (non-hydrogen) atoms. The lowest BCUT2D eigenvalue weighted by molar-refractivity contribution is -0.144. The zero-order valence-electron chi connectivity index (χ0n) is 15.8. The predicted octanol–water partition coefficient (Wildman–Crippen LogP) is 3.38. The summed E-state index contributed by atoms with van der Waals surface area (Å²) in [5, 5.41) is 20.1.